The van der Waals surface area contributed by atoms with Gasteiger partial charge in [-0.05, 0) is 55.8 Å². The molecule has 2 aromatic carbocycles. The molecule has 0 saturated carbocycles. The number of anilines is 1. The summed E-state index contributed by atoms with van der Waals surface area (Å²) < 4.78 is 28.6. The Labute approximate surface area is 228 Å². The first kappa shape index (κ1) is 28.5. The molecule has 0 amide bonds. The molecular formula is C27H30Cl2F2N6. The van der Waals surface area contributed by atoms with Crippen molar-refractivity contribution in [1.29, 1.82) is 0 Å². The summed E-state index contributed by atoms with van der Waals surface area (Å²) in [4.78, 5) is 13.8. The van der Waals surface area contributed by atoms with Gasteiger partial charge in [-0.2, -0.15) is 5.10 Å². The zero-order chi connectivity index (χ0) is 24.4. The molecule has 5 rings (SSSR count). The highest BCUT2D eigenvalue weighted by molar-refractivity contribution is 5.85. The highest BCUT2D eigenvalue weighted by Crippen LogP contribution is 2.28. The van der Waals surface area contributed by atoms with Gasteiger partial charge in [0.05, 0.1) is 12.2 Å². The van der Waals surface area contributed by atoms with Gasteiger partial charge in [0.25, 0.3) is 0 Å². The van der Waals surface area contributed by atoms with E-state index in [2.05, 4.69) is 26.7 Å². The van der Waals surface area contributed by atoms with Crippen molar-refractivity contribution in [2.24, 2.45) is 0 Å². The van der Waals surface area contributed by atoms with Gasteiger partial charge < -0.3 is 4.90 Å². The number of benzene rings is 2. The molecule has 0 atom stereocenters. The van der Waals surface area contributed by atoms with E-state index in [4.69, 9.17) is 5.10 Å². The molecule has 1 aliphatic heterocycles. The first-order valence-electron chi connectivity index (χ1n) is 11.8. The molecule has 0 radical (unpaired) electrons. The molecule has 0 unspecified atom stereocenters. The van der Waals surface area contributed by atoms with Gasteiger partial charge in [0.15, 0.2) is 5.82 Å². The summed E-state index contributed by atoms with van der Waals surface area (Å²) in [6.45, 7) is 9.05. The number of halogens is 4. The third-order valence-corrected chi connectivity index (χ3v) is 6.63. The third-order valence-electron chi connectivity index (χ3n) is 6.63. The van der Waals surface area contributed by atoms with E-state index in [0.29, 0.717) is 6.54 Å². The van der Waals surface area contributed by atoms with Crippen molar-refractivity contribution >= 4 is 30.6 Å². The smallest absolute Gasteiger partial charge is 0.155 e. The molecule has 0 N–H and O–H groups in total. The Morgan fingerprint density at radius 3 is 2.00 bits per heavy atom. The van der Waals surface area contributed by atoms with E-state index in [-0.39, 0.29) is 36.4 Å². The Morgan fingerprint density at radius 1 is 0.757 bits per heavy atom. The standard InChI is InChI=1S/C27H28F2N6.2ClH/c1-19-25(20(2)35(32-19)17-21-3-7-23(28)8-4-21)18-33-13-15-34(16-14-33)27-26(30-11-12-31-27)22-5-9-24(29)10-6-22;;/h3-12H,13-18H2,1-2H3;2*1H. The van der Waals surface area contributed by atoms with Gasteiger partial charge in [-0.15, -0.1) is 24.8 Å². The number of hydrogen-bond acceptors (Lipinski definition) is 5. The molecule has 1 fully saturated rings. The predicted molar refractivity (Wildman–Crippen MR) is 147 cm³/mol. The average molecular weight is 547 g/mol. The summed E-state index contributed by atoms with van der Waals surface area (Å²) >= 11 is 0. The fourth-order valence-electron chi connectivity index (χ4n) is 4.59. The highest BCUT2D eigenvalue weighted by atomic mass is 35.5. The van der Waals surface area contributed by atoms with Gasteiger partial charge in [0, 0.05) is 61.9 Å². The minimum absolute atomic E-state index is 0. The first-order chi connectivity index (χ1) is 17.0. The van der Waals surface area contributed by atoms with Crippen molar-refractivity contribution in [2.75, 3.05) is 31.1 Å². The van der Waals surface area contributed by atoms with Gasteiger partial charge in [0.2, 0.25) is 0 Å². The van der Waals surface area contributed by atoms with Gasteiger partial charge in [-0.1, -0.05) is 12.1 Å². The quantitative estimate of drug-likeness (QED) is 0.322. The SMILES string of the molecule is Cc1nn(Cc2ccc(F)cc2)c(C)c1CN1CCN(c2nccnc2-c2ccc(F)cc2)CC1.Cl.Cl. The number of rotatable bonds is 6. The average Bonchev–Trinajstić information content (AvgIpc) is 3.14. The number of nitrogens with zero attached hydrogens (tertiary/aromatic N) is 6. The van der Waals surface area contributed by atoms with E-state index in [9.17, 15) is 8.78 Å². The normalized spacial score (nSPS) is 13.7. The second kappa shape index (κ2) is 12.4. The van der Waals surface area contributed by atoms with Gasteiger partial charge in [-0.25, -0.2) is 13.8 Å². The monoisotopic (exact) mass is 546 g/mol. The Kier molecular flexibility index (Phi) is 9.59. The van der Waals surface area contributed by atoms with Crippen LogP contribution >= 0.6 is 24.8 Å². The minimum atomic E-state index is -0.264. The lowest BCUT2D eigenvalue weighted by molar-refractivity contribution is 0.248. The maximum atomic E-state index is 13.4. The topological polar surface area (TPSA) is 50.1 Å². The van der Waals surface area contributed by atoms with Crippen LogP contribution in [-0.4, -0.2) is 50.8 Å². The molecule has 2 aromatic heterocycles. The van der Waals surface area contributed by atoms with E-state index in [0.717, 1.165) is 66.8 Å². The number of hydrogen-bond donors (Lipinski definition) is 0. The van der Waals surface area contributed by atoms with E-state index >= 15 is 0 Å². The molecule has 196 valence electrons. The molecule has 10 heteroatoms. The maximum absolute atomic E-state index is 13.4. The first-order valence-corrected chi connectivity index (χ1v) is 11.8. The molecule has 0 spiro atoms. The van der Waals surface area contributed by atoms with Crippen LogP contribution in [0.15, 0.2) is 60.9 Å². The second-order valence-corrected chi connectivity index (χ2v) is 8.93. The van der Waals surface area contributed by atoms with Crippen molar-refractivity contribution in [3.05, 3.63) is 95.1 Å². The molecule has 4 aromatic rings. The highest BCUT2D eigenvalue weighted by Gasteiger charge is 2.23. The van der Waals surface area contributed by atoms with Crippen LogP contribution in [0.2, 0.25) is 0 Å². The van der Waals surface area contributed by atoms with Crippen molar-refractivity contribution in [3.63, 3.8) is 0 Å². The van der Waals surface area contributed by atoms with Gasteiger partial charge in [0.1, 0.15) is 17.3 Å². The Hall–Kier alpha value is -3.07. The Bertz CT molecular complexity index is 1300. The number of aromatic nitrogens is 4. The lowest BCUT2D eigenvalue weighted by atomic mass is 10.1. The summed E-state index contributed by atoms with van der Waals surface area (Å²) in [7, 11) is 0. The number of aryl methyl sites for hydroxylation is 1. The summed E-state index contributed by atoms with van der Waals surface area (Å²) in [5.74, 6) is 0.339. The molecule has 0 aliphatic carbocycles. The van der Waals surface area contributed by atoms with Crippen LogP contribution in [0.4, 0.5) is 14.6 Å². The zero-order valence-corrected chi connectivity index (χ0v) is 22.4. The molecule has 37 heavy (non-hydrogen) atoms. The molecule has 1 saturated heterocycles. The maximum Gasteiger partial charge on any atom is 0.155 e. The second-order valence-electron chi connectivity index (χ2n) is 8.93. The van der Waals surface area contributed by atoms with Crippen molar-refractivity contribution < 1.29 is 8.78 Å². The zero-order valence-electron chi connectivity index (χ0n) is 20.8. The largest absolute Gasteiger partial charge is 0.352 e. The predicted octanol–water partition coefficient (Wildman–Crippen LogP) is 5.45. The summed E-state index contributed by atoms with van der Waals surface area (Å²) in [5.41, 5.74) is 6.07. The van der Waals surface area contributed by atoms with Gasteiger partial charge >= 0.3 is 0 Å². The molecule has 0 bridgehead atoms. The Morgan fingerprint density at radius 2 is 1.35 bits per heavy atom. The third kappa shape index (κ3) is 6.44. The summed E-state index contributed by atoms with van der Waals surface area (Å²) in [6, 6.07) is 13.0. The molecule has 6 nitrogen and oxygen atoms in total. The van der Waals surface area contributed by atoms with E-state index < -0.39 is 0 Å². The lowest BCUT2D eigenvalue weighted by Gasteiger charge is -2.36. The van der Waals surface area contributed by atoms with Gasteiger partial charge in [-0.3, -0.25) is 14.6 Å². The van der Waals surface area contributed by atoms with Crippen molar-refractivity contribution in [2.45, 2.75) is 26.9 Å². The van der Waals surface area contributed by atoms with Crippen LogP contribution in [0.3, 0.4) is 0 Å². The summed E-state index contributed by atoms with van der Waals surface area (Å²) in [6.07, 6.45) is 3.38. The summed E-state index contributed by atoms with van der Waals surface area (Å²) in [5, 5.41) is 4.75. The minimum Gasteiger partial charge on any atom is -0.352 e. The van der Waals surface area contributed by atoms with E-state index in [1.54, 1.807) is 36.7 Å². The number of piperazine rings is 1. The Balaban J connectivity index is 0.00000190. The fraction of sp³-hybridized carbons (Fsp3) is 0.296. The lowest BCUT2D eigenvalue weighted by Crippen LogP contribution is -2.46. The van der Waals surface area contributed by atoms with Crippen molar-refractivity contribution in [1.82, 2.24) is 24.6 Å². The van der Waals surface area contributed by atoms with Crippen LogP contribution in [0.1, 0.15) is 22.5 Å². The molecule has 1 aliphatic rings. The van der Waals surface area contributed by atoms with Crippen LogP contribution < -0.4 is 4.90 Å². The fourth-order valence-corrected chi connectivity index (χ4v) is 4.59. The molecular weight excluding hydrogens is 517 g/mol. The molecule has 3 heterocycles. The van der Waals surface area contributed by atoms with Crippen LogP contribution in [0.5, 0.6) is 0 Å². The van der Waals surface area contributed by atoms with Crippen molar-refractivity contribution in [3.8, 4) is 11.3 Å². The van der Waals surface area contributed by atoms with Crippen LogP contribution in [-0.2, 0) is 13.1 Å². The van der Waals surface area contributed by atoms with Crippen LogP contribution in [0.25, 0.3) is 11.3 Å². The van der Waals surface area contributed by atoms with E-state index in [1.807, 2.05) is 11.6 Å². The van der Waals surface area contributed by atoms with Crippen LogP contribution in [0, 0.1) is 25.5 Å². The van der Waals surface area contributed by atoms with E-state index in [1.165, 1.54) is 29.8 Å².